The summed E-state index contributed by atoms with van der Waals surface area (Å²) in [5, 5.41) is 0. The molecule has 4 heteroatoms. The van der Waals surface area contributed by atoms with Gasteiger partial charge in [-0.05, 0) is 6.42 Å². The van der Waals surface area contributed by atoms with Crippen LogP contribution in [-0.4, -0.2) is 18.5 Å². The predicted molar refractivity (Wildman–Crippen MR) is 62.7 cm³/mol. The summed E-state index contributed by atoms with van der Waals surface area (Å²) < 4.78 is 4.87. The molecule has 16 heavy (non-hydrogen) atoms. The Morgan fingerprint density at radius 2 is 1.69 bits per heavy atom. The summed E-state index contributed by atoms with van der Waals surface area (Å²) in [5.74, 6) is -1.15. The molecule has 1 amide bonds. The lowest BCUT2D eigenvalue weighted by Gasteiger charge is -2.01. The third-order valence-corrected chi connectivity index (χ3v) is 2.13. The molecule has 0 radical (unpaired) electrons. The van der Waals surface area contributed by atoms with Crippen LogP contribution in [0, 0.1) is 0 Å². The highest BCUT2D eigenvalue weighted by atomic mass is 16.5. The zero-order chi connectivity index (χ0) is 12.2. The number of nitrogens with two attached hydrogens (primary N) is 1. The second-order valence-corrected chi connectivity index (χ2v) is 3.67. The molecule has 0 aromatic heterocycles. The van der Waals surface area contributed by atoms with Gasteiger partial charge < -0.3 is 10.5 Å². The molecular weight excluding hydrogens is 206 g/mol. The fourth-order valence-corrected chi connectivity index (χ4v) is 1.25. The summed E-state index contributed by atoms with van der Waals surface area (Å²) in [6.07, 6.45) is 8.93. The molecule has 0 aliphatic heterocycles. The summed E-state index contributed by atoms with van der Waals surface area (Å²) in [6, 6.07) is 0. The summed E-state index contributed by atoms with van der Waals surface area (Å²) in [7, 11) is 0. The van der Waals surface area contributed by atoms with E-state index in [0.717, 1.165) is 25.0 Å². The highest BCUT2D eigenvalue weighted by Gasteiger charge is 1.97. The maximum atomic E-state index is 11.0. The Bertz CT molecular complexity index is 236. The molecule has 0 rings (SSSR count). The minimum atomic E-state index is -0.642. The number of rotatable bonds is 9. The van der Waals surface area contributed by atoms with Crippen LogP contribution in [0.3, 0.4) is 0 Å². The number of carbonyl (C=O) groups excluding carboxylic acids is 2. The van der Waals surface area contributed by atoms with E-state index < -0.39 is 11.9 Å². The van der Waals surface area contributed by atoms with Gasteiger partial charge in [-0.15, -0.1) is 0 Å². The Labute approximate surface area is 96.8 Å². The van der Waals surface area contributed by atoms with E-state index in [0.29, 0.717) is 6.61 Å². The zero-order valence-electron chi connectivity index (χ0n) is 9.91. The molecule has 2 N–H and O–H groups in total. The van der Waals surface area contributed by atoms with Crippen molar-refractivity contribution < 1.29 is 14.3 Å². The Morgan fingerprint density at radius 1 is 1.06 bits per heavy atom. The van der Waals surface area contributed by atoms with Crippen LogP contribution in [-0.2, 0) is 14.3 Å². The maximum Gasteiger partial charge on any atom is 0.330 e. The number of primary amides is 1. The molecule has 0 aliphatic rings. The molecule has 0 saturated heterocycles. The molecule has 0 atom stereocenters. The van der Waals surface area contributed by atoms with Crippen LogP contribution < -0.4 is 5.73 Å². The van der Waals surface area contributed by atoms with E-state index in [9.17, 15) is 9.59 Å². The van der Waals surface area contributed by atoms with E-state index in [1.807, 2.05) is 0 Å². The molecule has 0 aliphatic carbocycles. The van der Waals surface area contributed by atoms with E-state index in [1.54, 1.807) is 0 Å². The Morgan fingerprint density at radius 3 is 2.31 bits per heavy atom. The number of carbonyl (C=O) groups is 2. The van der Waals surface area contributed by atoms with Crippen LogP contribution in [0.1, 0.15) is 45.4 Å². The van der Waals surface area contributed by atoms with Crippen molar-refractivity contribution in [2.75, 3.05) is 6.61 Å². The predicted octanol–water partition coefficient (Wildman–Crippen LogP) is 1.93. The van der Waals surface area contributed by atoms with Gasteiger partial charge in [0.15, 0.2) is 0 Å². The monoisotopic (exact) mass is 227 g/mol. The van der Waals surface area contributed by atoms with Crippen molar-refractivity contribution in [3.8, 4) is 0 Å². The highest BCUT2D eigenvalue weighted by molar-refractivity contribution is 5.93. The molecule has 0 spiro atoms. The summed E-state index contributed by atoms with van der Waals surface area (Å²) >= 11 is 0. The van der Waals surface area contributed by atoms with Gasteiger partial charge >= 0.3 is 5.97 Å². The SMILES string of the molecule is CCCCCCCCOC(=O)/C=C\C(N)=O. The molecule has 4 nitrogen and oxygen atoms in total. The average Bonchev–Trinajstić information content (AvgIpc) is 2.25. The number of unbranched alkanes of at least 4 members (excludes halogenated alkanes) is 5. The van der Waals surface area contributed by atoms with Crippen LogP contribution in [0.4, 0.5) is 0 Å². The van der Waals surface area contributed by atoms with Crippen LogP contribution in [0.5, 0.6) is 0 Å². The molecule has 0 heterocycles. The lowest BCUT2D eigenvalue weighted by Crippen LogP contribution is -2.08. The maximum absolute atomic E-state index is 11.0. The molecule has 0 bridgehead atoms. The highest BCUT2D eigenvalue weighted by Crippen LogP contribution is 2.04. The van der Waals surface area contributed by atoms with Gasteiger partial charge in [-0.1, -0.05) is 39.0 Å². The van der Waals surface area contributed by atoms with Gasteiger partial charge in [-0.3, -0.25) is 4.79 Å². The Hall–Kier alpha value is -1.32. The van der Waals surface area contributed by atoms with Crippen LogP contribution in [0.25, 0.3) is 0 Å². The number of hydrogen-bond donors (Lipinski definition) is 1. The molecule has 0 unspecified atom stereocenters. The molecule has 0 saturated carbocycles. The second kappa shape index (κ2) is 10.2. The van der Waals surface area contributed by atoms with Crippen molar-refractivity contribution in [3.63, 3.8) is 0 Å². The van der Waals surface area contributed by atoms with Gasteiger partial charge in [0, 0.05) is 12.2 Å². The molecule has 0 aromatic carbocycles. The quantitative estimate of drug-likeness (QED) is 0.372. The Kier molecular flexibility index (Phi) is 9.36. The minimum Gasteiger partial charge on any atom is -0.463 e. The number of hydrogen-bond acceptors (Lipinski definition) is 3. The first-order valence-corrected chi connectivity index (χ1v) is 5.81. The van der Waals surface area contributed by atoms with Crippen molar-refractivity contribution >= 4 is 11.9 Å². The number of amides is 1. The minimum absolute atomic E-state index is 0.411. The number of esters is 1. The first kappa shape index (κ1) is 14.7. The van der Waals surface area contributed by atoms with Gasteiger partial charge in [0.25, 0.3) is 0 Å². The van der Waals surface area contributed by atoms with E-state index in [1.165, 1.54) is 25.7 Å². The normalized spacial score (nSPS) is 10.6. The fraction of sp³-hybridized carbons (Fsp3) is 0.667. The van der Waals surface area contributed by atoms with E-state index in [-0.39, 0.29) is 0 Å². The van der Waals surface area contributed by atoms with Gasteiger partial charge in [0.2, 0.25) is 5.91 Å². The van der Waals surface area contributed by atoms with Gasteiger partial charge in [-0.2, -0.15) is 0 Å². The van der Waals surface area contributed by atoms with Crippen molar-refractivity contribution in [1.29, 1.82) is 0 Å². The zero-order valence-corrected chi connectivity index (χ0v) is 9.91. The second-order valence-electron chi connectivity index (χ2n) is 3.67. The van der Waals surface area contributed by atoms with Crippen LogP contribution in [0.2, 0.25) is 0 Å². The smallest absolute Gasteiger partial charge is 0.330 e. The van der Waals surface area contributed by atoms with E-state index in [4.69, 9.17) is 10.5 Å². The third-order valence-electron chi connectivity index (χ3n) is 2.13. The molecular formula is C12H21NO3. The van der Waals surface area contributed by atoms with Crippen molar-refractivity contribution in [1.82, 2.24) is 0 Å². The largest absolute Gasteiger partial charge is 0.463 e. The summed E-state index contributed by atoms with van der Waals surface area (Å²) in [5.41, 5.74) is 4.83. The standard InChI is InChI=1S/C12H21NO3/c1-2-3-4-5-6-7-10-16-12(15)9-8-11(13)14/h8-9H,2-7,10H2,1H3,(H2,13,14)/b9-8-. The lowest BCUT2D eigenvalue weighted by molar-refractivity contribution is -0.138. The molecule has 92 valence electrons. The van der Waals surface area contributed by atoms with Gasteiger partial charge in [0.1, 0.15) is 0 Å². The average molecular weight is 227 g/mol. The molecule has 0 aromatic rings. The van der Waals surface area contributed by atoms with E-state index in [2.05, 4.69) is 6.92 Å². The summed E-state index contributed by atoms with van der Waals surface area (Å²) in [4.78, 5) is 21.3. The fourth-order valence-electron chi connectivity index (χ4n) is 1.25. The topological polar surface area (TPSA) is 69.4 Å². The lowest BCUT2D eigenvalue weighted by atomic mass is 10.1. The van der Waals surface area contributed by atoms with E-state index >= 15 is 0 Å². The van der Waals surface area contributed by atoms with Gasteiger partial charge in [-0.25, -0.2) is 4.79 Å². The molecule has 0 fully saturated rings. The first-order chi connectivity index (χ1) is 7.66. The van der Waals surface area contributed by atoms with Crippen molar-refractivity contribution in [2.24, 2.45) is 5.73 Å². The van der Waals surface area contributed by atoms with Gasteiger partial charge in [0.05, 0.1) is 6.61 Å². The van der Waals surface area contributed by atoms with Crippen molar-refractivity contribution in [2.45, 2.75) is 45.4 Å². The summed E-state index contributed by atoms with van der Waals surface area (Å²) in [6.45, 7) is 2.58. The number of ether oxygens (including phenoxy) is 1. The van der Waals surface area contributed by atoms with Crippen LogP contribution >= 0.6 is 0 Å². The van der Waals surface area contributed by atoms with Crippen molar-refractivity contribution in [3.05, 3.63) is 12.2 Å². The Balaban J connectivity index is 3.31. The third kappa shape index (κ3) is 10.8. The van der Waals surface area contributed by atoms with Crippen LogP contribution in [0.15, 0.2) is 12.2 Å². The first-order valence-electron chi connectivity index (χ1n) is 5.81.